The molecule has 5 aromatic carbocycles. The van der Waals surface area contributed by atoms with E-state index in [1.54, 1.807) is 66.7 Å². The minimum atomic E-state index is -0.660. The molecule has 5 rings (SSSR count). The van der Waals surface area contributed by atoms with Gasteiger partial charge in [-0.05, 0) is 77.2 Å². The smallest absolute Gasteiger partial charge is 0.339 e. The lowest BCUT2D eigenvalue weighted by Gasteiger charge is -2.18. The van der Waals surface area contributed by atoms with Crippen molar-refractivity contribution < 1.29 is 23.9 Å². The molecule has 9 heteroatoms. The molecule has 3 N–H and O–H groups in total. The van der Waals surface area contributed by atoms with E-state index in [1.165, 1.54) is 18.9 Å². The highest BCUT2D eigenvalue weighted by atomic mass is 32.2. The summed E-state index contributed by atoms with van der Waals surface area (Å²) in [5.74, 6) is -1.41. The second-order valence-corrected chi connectivity index (χ2v) is 12.8. The van der Waals surface area contributed by atoms with Crippen molar-refractivity contribution in [3.8, 4) is 0 Å². The number of carbonyl (C=O) groups is 4. The van der Waals surface area contributed by atoms with Crippen LogP contribution in [0.4, 0.5) is 11.4 Å². The molecule has 0 heterocycles. The maximum absolute atomic E-state index is 13.7. The zero-order valence-corrected chi connectivity index (χ0v) is 28.7. The first-order valence-corrected chi connectivity index (χ1v) is 16.9. The summed E-state index contributed by atoms with van der Waals surface area (Å²) in [4.78, 5) is 53.4. The van der Waals surface area contributed by atoms with Gasteiger partial charge >= 0.3 is 5.97 Å². The summed E-state index contributed by atoms with van der Waals surface area (Å²) < 4.78 is 4.88. The normalized spacial score (nSPS) is 11.7. The third-order valence-corrected chi connectivity index (χ3v) is 9.01. The standard InChI is InChI=1S/C41H37N3O5S/c1-27(2)29-20-18-28(19-21-29)26-36(44-38(45)31-14-8-5-9-15-31)39(46)42-32-22-24-33(25-23-32)50-37(30-12-6-4-7-13-30)40(47)43-35-17-11-10-16-34(35)41(48)49-3/h4-27,37H,1-3H3,(H,42,46)(H,43,47)(H,44,45)/b36-26-. The number of para-hydroxylation sites is 1. The minimum Gasteiger partial charge on any atom is -0.465 e. The highest BCUT2D eigenvalue weighted by Gasteiger charge is 2.24. The number of ether oxygens (including phenoxy) is 1. The average molecular weight is 684 g/mol. The third-order valence-electron chi connectivity index (χ3n) is 7.74. The SMILES string of the molecule is COC(=O)c1ccccc1NC(=O)C(Sc1ccc(NC(=O)/C(=C/c2ccc(C(C)C)cc2)NC(=O)c2ccccc2)cc1)c1ccccc1. The van der Waals surface area contributed by atoms with Gasteiger partial charge in [0.05, 0.1) is 18.4 Å². The van der Waals surface area contributed by atoms with E-state index in [-0.39, 0.29) is 17.2 Å². The van der Waals surface area contributed by atoms with Crippen LogP contribution in [-0.2, 0) is 14.3 Å². The second-order valence-electron chi connectivity index (χ2n) is 11.6. The van der Waals surface area contributed by atoms with Gasteiger partial charge in [-0.1, -0.05) is 98.8 Å². The molecule has 0 aliphatic heterocycles. The Morgan fingerprint density at radius 3 is 1.94 bits per heavy atom. The van der Waals surface area contributed by atoms with E-state index < -0.39 is 23.0 Å². The molecule has 0 radical (unpaired) electrons. The number of amides is 3. The molecule has 5 aromatic rings. The molecular weight excluding hydrogens is 647 g/mol. The Morgan fingerprint density at radius 2 is 1.30 bits per heavy atom. The van der Waals surface area contributed by atoms with Crippen LogP contribution in [0.15, 0.2) is 144 Å². The van der Waals surface area contributed by atoms with Gasteiger partial charge < -0.3 is 20.7 Å². The van der Waals surface area contributed by atoms with Crippen molar-refractivity contribution in [2.24, 2.45) is 0 Å². The molecule has 0 aliphatic carbocycles. The number of esters is 1. The Balaban J connectivity index is 1.34. The Labute approximate surface area is 296 Å². The molecule has 50 heavy (non-hydrogen) atoms. The van der Waals surface area contributed by atoms with Crippen LogP contribution in [0.1, 0.15) is 62.4 Å². The van der Waals surface area contributed by atoms with E-state index in [2.05, 4.69) is 29.8 Å². The summed E-state index contributed by atoms with van der Waals surface area (Å²) in [7, 11) is 1.29. The van der Waals surface area contributed by atoms with Crippen LogP contribution in [0.25, 0.3) is 6.08 Å². The van der Waals surface area contributed by atoms with Crippen molar-refractivity contribution in [2.75, 3.05) is 17.7 Å². The van der Waals surface area contributed by atoms with Crippen molar-refractivity contribution in [3.63, 3.8) is 0 Å². The largest absolute Gasteiger partial charge is 0.465 e. The van der Waals surface area contributed by atoms with E-state index in [9.17, 15) is 19.2 Å². The topological polar surface area (TPSA) is 114 Å². The van der Waals surface area contributed by atoms with Crippen molar-refractivity contribution in [2.45, 2.75) is 29.9 Å². The quantitative estimate of drug-likeness (QED) is 0.0691. The molecule has 0 spiro atoms. The molecule has 8 nitrogen and oxygen atoms in total. The Morgan fingerprint density at radius 1 is 0.680 bits per heavy atom. The van der Waals surface area contributed by atoms with Crippen LogP contribution < -0.4 is 16.0 Å². The number of rotatable bonds is 12. The van der Waals surface area contributed by atoms with E-state index in [1.807, 2.05) is 72.8 Å². The van der Waals surface area contributed by atoms with Gasteiger partial charge in [0.25, 0.3) is 11.8 Å². The van der Waals surface area contributed by atoms with Crippen molar-refractivity contribution in [1.29, 1.82) is 0 Å². The van der Waals surface area contributed by atoms with Crippen LogP contribution in [0.2, 0.25) is 0 Å². The lowest BCUT2D eigenvalue weighted by atomic mass is 10.0. The summed E-state index contributed by atoms with van der Waals surface area (Å²) in [6.45, 7) is 4.22. The number of anilines is 2. The molecular formula is C41H37N3O5S. The lowest BCUT2D eigenvalue weighted by molar-refractivity contribution is -0.116. The summed E-state index contributed by atoms with van der Waals surface area (Å²) >= 11 is 1.32. The van der Waals surface area contributed by atoms with Gasteiger partial charge in [-0.15, -0.1) is 11.8 Å². The maximum atomic E-state index is 13.7. The number of nitrogens with one attached hydrogen (secondary N) is 3. The Kier molecular flexibility index (Phi) is 12.0. The third kappa shape index (κ3) is 9.36. The zero-order chi connectivity index (χ0) is 35.5. The molecule has 3 amide bonds. The van der Waals surface area contributed by atoms with Gasteiger partial charge in [0.1, 0.15) is 10.9 Å². The molecule has 0 aliphatic rings. The fourth-order valence-electron chi connectivity index (χ4n) is 5.02. The first-order valence-electron chi connectivity index (χ1n) is 16.0. The minimum absolute atomic E-state index is 0.0858. The molecule has 1 atom stereocenters. The number of methoxy groups -OCH3 is 1. The van der Waals surface area contributed by atoms with Gasteiger partial charge in [-0.25, -0.2) is 4.79 Å². The summed E-state index contributed by atoms with van der Waals surface area (Å²) in [6.07, 6.45) is 1.64. The van der Waals surface area contributed by atoms with E-state index in [0.717, 1.165) is 21.6 Å². The van der Waals surface area contributed by atoms with Crippen LogP contribution in [-0.4, -0.2) is 30.8 Å². The zero-order valence-electron chi connectivity index (χ0n) is 27.9. The molecule has 0 saturated carbocycles. The van der Waals surface area contributed by atoms with Crippen molar-refractivity contribution in [1.82, 2.24) is 5.32 Å². The van der Waals surface area contributed by atoms with Crippen molar-refractivity contribution >= 4 is 52.9 Å². The predicted molar refractivity (Wildman–Crippen MR) is 199 cm³/mol. The molecule has 0 bridgehead atoms. The predicted octanol–water partition coefficient (Wildman–Crippen LogP) is 8.48. The van der Waals surface area contributed by atoms with Crippen molar-refractivity contribution in [3.05, 3.63) is 167 Å². The molecule has 0 saturated heterocycles. The Bertz CT molecular complexity index is 1980. The summed E-state index contributed by atoms with van der Waals surface area (Å²) in [6, 6.07) is 39.6. The summed E-state index contributed by atoms with van der Waals surface area (Å²) in [5, 5.41) is 7.89. The monoisotopic (exact) mass is 683 g/mol. The molecule has 0 aromatic heterocycles. The fraction of sp³-hybridized carbons (Fsp3) is 0.122. The van der Waals surface area contributed by atoms with Gasteiger partial charge in [0.2, 0.25) is 5.91 Å². The van der Waals surface area contributed by atoms with E-state index in [0.29, 0.717) is 22.9 Å². The lowest BCUT2D eigenvalue weighted by Crippen LogP contribution is -2.30. The Hall–Kier alpha value is -5.93. The van der Waals surface area contributed by atoms with Gasteiger partial charge in [-0.3, -0.25) is 14.4 Å². The fourth-order valence-corrected chi connectivity index (χ4v) is 6.04. The number of carbonyl (C=O) groups excluding carboxylic acids is 4. The first-order chi connectivity index (χ1) is 24.2. The number of hydrogen-bond donors (Lipinski definition) is 3. The second kappa shape index (κ2) is 16.9. The first kappa shape index (κ1) is 35.4. The van der Waals surface area contributed by atoms with Crippen LogP contribution >= 0.6 is 11.8 Å². The van der Waals surface area contributed by atoms with Crippen LogP contribution in [0.5, 0.6) is 0 Å². The van der Waals surface area contributed by atoms with Gasteiger partial charge in [0, 0.05) is 16.1 Å². The van der Waals surface area contributed by atoms with Crippen LogP contribution in [0, 0.1) is 0 Å². The van der Waals surface area contributed by atoms with Crippen LogP contribution in [0.3, 0.4) is 0 Å². The average Bonchev–Trinajstić information content (AvgIpc) is 3.15. The molecule has 252 valence electrons. The van der Waals surface area contributed by atoms with Gasteiger partial charge in [0.15, 0.2) is 0 Å². The van der Waals surface area contributed by atoms with Gasteiger partial charge in [-0.2, -0.15) is 0 Å². The molecule has 1 unspecified atom stereocenters. The maximum Gasteiger partial charge on any atom is 0.339 e. The highest BCUT2D eigenvalue weighted by Crippen LogP contribution is 2.37. The number of hydrogen-bond acceptors (Lipinski definition) is 6. The summed E-state index contributed by atoms with van der Waals surface area (Å²) in [5.41, 5.74) is 4.31. The van der Waals surface area contributed by atoms with E-state index in [4.69, 9.17) is 4.74 Å². The molecule has 0 fully saturated rings. The number of benzene rings is 5. The van der Waals surface area contributed by atoms with E-state index >= 15 is 0 Å². The highest BCUT2D eigenvalue weighted by molar-refractivity contribution is 8.00. The number of thioether (sulfide) groups is 1.